The second kappa shape index (κ2) is 7.63. The van der Waals surface area contributed by atoms with Gasteiger partial charge >= 0.3 is 0 Å². The minimum Gasteiger partial charge on any atom is -0.354 e. The van der Waals surface area contributed by atoms with E-state index in [0.29, 0.717) is 17.9 Å². The molecule has 9 heteroatoms. The minimum absolute atomic E-state index is 0.0168. The zero-order valence-electron chi connectivity index (χ0n) is 14.0. The van der Waals surface area contributed by atoms with Crippen molar-refractivity contribution in [1.29, 1.82) is 0 Å². The van der Waals surface area contributed by atoms with Crippen LogP contribution in [0.1, 0.15) is 32.6 Å². The van der Waals surface area contributed by atoms with Crippen LogP contribution in [-0.4, -0.2) is 45.5 Å². The summed E-state index contributed by atoms with van der Waals surface area (Å²) in [5, 5.41) is 2.93. The molecule has 1 N–H and O–H groups in total. The first kappa shape index (κ1) is 20.2. The van der Waals surface area contributed by atoms with E-state index in [1.54, 1.807) is 0 Å². The first-order valence-corrected chi connectivity index (χ1v) is 11.8. The van der Waals surface area contributed by atoms with Crippen LogP contribution in [-0.2, 0) is 24.5 Å². The largest absolute Gasteiger partial charge is 0.354 e. The second-order valence-corrected chi connectivity index (χ2v) is 11.3. The summed E-state index contributed by atoms with van der Waals surface area (Å²) < 4.78 is 47.8. The van der Waals surface area contributed by atoms with Gasteiger partial charge < -0.3 is 5.32 Å². The Morgan fingerprint density at radius 2 is 1.68 bits per heavy atom. The zero-order chi connectivity index (χ0) is 18.7. The quantitative estimate of drug-likeness (QED) is 0.745. The van der Waals surface area contributed by atoms with Gasteiger partial charge in [-0.05, 0) is 37.1 Å². The topological polar surface area (TPSA) is 97.4 Å². The molecule has 0 unspecified atom stereocenters. The summed E-state index contributed by atoms with van der Waals surface area (Å²) in [6, 6.07) is 5.74. The maximum atomic E-state index is 13.1. The average Bonchev–Trinajstić information content (AvgIpc) is 3.06. The van der Waals surface area contributed by atoms with E-state index in [0.717, 1.165) is 0 Å². The van der Waals surface area contributed by atoms with Crippen LogP contribution in [0.15, 0.2) is 29.2 Å². The number of amides is 1. The third-order valence-electron chi connectivity index (χ3n) is 4.60. The van der Waals surface area contributed by atoms with E-state index in [1.165, 1.54) is 31.2 Å². The van der Waals surface area contributed by atoms with Crippen molar-refractivity contribution in [3.8, 4) is 0 Å². The second-order valence-electron chi connectivity index (χ2n) is 6.15. The molecule has 1 aromatic rings. The van der Waals surface area contributed by atoms with Gasteiger partial charge in [0, 0.05) is 17.3 Å². The molecule has 1 aliphatic carbocycles. The van der Waals surface area contributed by atoms with Crippen LogP contribution in [0.3, 0.4) is 0 Å². The van der Waals surface area contributed by atoms with Crippen molar-refractivity contribution < 1.29 is 21.6 Å². The predicted molar refractivity (Wildman–Crippen MR) is 97.2 cm³/mol. The lowest BCUT2D eigenvalue weighted by molar-refractivity contribution is -0.123. The first-order valence-electron chi connectivity index (χ1n) is 8.13. The van der Waals surface area contributed by atoms with Crippen LogP contribution in [0, 0.1) is 0 Å². The molecule has 25 heavy (non-hydrogen) atoms. The van der Waals surface area contributed by atoms with E-state index in [4.69, 9.17) is 11.6 Å². The molecule has 140 valence electrons. The number of benzene rings is 1. The third-order valence-corrected chi connectivity index (χ3v) is 9.07. The van der Waals surface area contributed by atoms with Gasteiger partial charge in [-0.25, -0.2) is 16.8 Å². The van der Waals surface area contributed by atoms with Gasteiger partial charge in [0.25, 0.3) is 0 Å². The third kappa shape index (κ3) is 4.17. The van der Waals surface area contributed by atoms with Crippen LogP contribution in [0.5, 0.6) is 0 Å². The molecule has 0 aliphatic heterocycles. The molecule has 6 nitrogen and oxygen atoms in total. The fraction of sp³-hybridized carbons (Fsp3) is 0.562. The molecule has 1 fully saturated rings. The average molecular weight is 408 g/mol. The molecule has 0 radical (unpaired) electrons. The van der Waals surface area contributed by atoms with E-state index in [2.05, 4.69) is 5.32 Å². The van der Waals surface area contributed by atoms with E-state index < -0.39 is 30.3 Å². The molecule has 1 saturated carbocycles. The van der Waals surface area contributed by atoms with Gasteiger partial charge in [0.1, 0.15) is 0 Å². The highest BCUT2D eigenvalue weighted by Gasteiger charge is 2.52. The van der Waals surface area contributed by atoms with E-state index in [-0.39, 0.29) is 35.8 Å². The Morgan fingerprint density at radius 3 is 2.20 bits per heavy atom. The SMILES string of the molecule is CCS(=O)(=O)CCNC(=O)C1(S(=O)(=O)c2ccc(Cl)cc2)CCCC1. The minimum atomic E-state index is -3.91. The molecule has 2 rings (SSSR count). The number of hydrogen-bond acceptors (Lipinski definition) is 5. The van der Waals surface area contributed by atoms with Gasteiger partial charge in [-0.1, -0.05) is 31.4 Å². The van der Waals surface area contributed by atoms with Crippen molar-refractivity contribution in [2.75, 3.05) is 18.1 Å². The predicted octanol–water partition coefficient (Wildman–Crippen LogP) is 1.98. The van der Waals surface area contributed by atoms with Crippen LogP contribution in [0.4, 0.5) is 0 Å². The van der Waals surface area contributed by atoms with Gasteiger partial charge in [-0.2, -0.15) is 0 Å². The Morgan fingerprint density at radius 1 is 1.12 bits per heavy atom. The standard InChI is InChI=1S/C16H22ClNO5S2/c1-2-24(20,21)12-11-18-15(19)16(9-3-4-10-16)25(22,23)14-7-5-13(17)6-8-14/h5-8H,2-4,9-12H2,1H3,(H,18,19). The van der Waals surface area contributed by atoms with Crippen LogP contribution in [0.2, 0.25) is 5.02 Å². The molecule has 0 heterocycles. The number of carbonyl (C=O) groups is 1. The Hall–Kier alpha value is -1.12. The summed E-state index contributed by atoms with van der Waals surface area (Å²) in [5.74, 6) is -0.838. The monoisotopic (exact) mass is 407 g/mol. The number of hydrogen-bond donors (Lipinski definition) is 1. The van der Waals surface area contributed by atoms with E-state index in [1.807, 2.05) is 0 Å². The van der Waals surface area contributed by atoms with Crippen molar-refractivity contribution in [3.63, 3.8) is 0 Å². The van der Waals surface area contributed by atoms with Gasteiger partial charge in [0.2, 0.25) is 5.91 Å². The van der Waals surface area contributed by atoms with Crippen molar-refractivity contribution >= 4 is 37.2 Å². The van der Waals surface area contributed by atoms with Crippen molar-refractivity contribution in [2.45, 2.75) is 42.2 Å². The number of nitrogens with one attached hydrogen (secondary N) is 1. The van der Waals surface area contributed by atoms with E-state index in [9.17, 15) is 21.6 Å². The van der Waals surface area contributed by atoms with Crippen LogP contribution < -0.4 is 5.32 Å². The van der Waals surface area contributed by atoms with Crippen molar-refractivity contribution in [1.82, 2.24) is 5.32 Å². The molecule has 0 bridgehead atoms. The van der Waals surface area contributed by atoms with Crippen molar-refractivity contribution in [3.05, 3.63) is 29.3 Å². The summed E-state index contributed by atoms with van der Waals surface area (Å²) in [7, 11) is -7.14. The van der Waals surface area contributed by atoms with Gasteiger partial charge in [0.15, 0.2) is 24.4 Å². The number of rotatable bonds is 7. The van der Waals surface area contributed by atoms with Crippen molar-refractivity contribution in [2.24, 2.45) is 0 Å². The number of sulfone groups is 2. The van der Waals surface area contributed by atoms with Gasteiger partial charge in [-0.3, -0.25) is 4.79 Å². The molecular formula is C16H22ClNO5S2. The summed E-state index contributed by atoms with van der Waals surface area (Å²) in [4.78, 5) is 12.8. The molecule has 1 aromatic carbocycles. The smallest absolute Gasteiger partial charge is 0.241 e. The summed E-state index contributed by atoms with van der Waals surface area (Å²) >= 11 is 5.81. The zero-order valence-corrected chi connectivity index (χ0v) is 16.4. The molecule has 0 saturated heterocycles. The molecule has 1 amide bonds. The highest BCUT2D eigenvalue weighted by atomic mass is 35.5. The molecular weight excluding hydrogens is 386 g/mol. The Kier molecular flexibility index (Phi) is 6.17. The first-order chi connectivity index (χ1) is 11.6. The lowest BCUT2D eigenvalue weighted by atomic mass is 10.1. The fourth-order valence-corrected chi connectivity index (χ4v) is 5.94. The van der Waals surface area contributed by atoms with Crippen LogP contribution in [0.25, 0.3) is 0 Å². The van der Waals surface area contributed by atoms with Gasteiger partial charge in [-0.15, -0.1) is 0 Å². The lowest BCUT2D eigenvalue weighted by Gasteiger charge is -2.27. The van der Waals surface area contributed by atoms with Gasteiger partial charge in [0.05, 0.1) is 10.6 Å². The molecule has 0 spiro atoms. The maximum absolute atomic E-state index is 13.1. The molecule has 0 aromatic heterocycles. The number of halogens is 1. The highest BCUT2D eigenvalue weighted by Crippen LogP contribution is 2.41. The normalized spacial score (nSPS) is 17.4. The highest BCUT2D eigenvalue weighted by molar-refractivity contribution is 7.93. The molecule has 1 aliphatic rings. The number of carbonyl (C=O) groups excluding carboxylic acids is 1. The summed E-state index contributed by atoms with van der Waals surface area (Å²) in [6.07, 6.45) is 1.72. The Bertz CT molecular complexity index is 826. The molecule has 0 atom stereocenters. The fourth-order valence-electron chi connectivity index (χ4n) is 3.03. The summed E-state index contributed by atoms with van der Waals surface area (Å²) in [6.45, 7) is 1.44. The Balaban J connectivity index is 2.25. The Labute approximate surface area is 153 Å². The lowest BCUT2D eigenvalue weighted by Crippen LogP contribution is -2.51. The van der Waals surface area contributed by atoms with E-state index >= 15 is 0 Å². The van der Waals surface area contributed by atoms with Crippen LogP contribution >= 0.6 is 11.6 Å². The maximum Gasteiger partial charge on any atom is 0.241 e. The summed E-state index contributed by atoms with van der Waals surface area (Å²) in [5.41, 5.74) is 0.